The van der Waals surface area contributed by atoms with E-state index in [1.807, 2.05) is 0 Å². The number of carbonyl (C=O) groups is 2. The van der Waals surface area contributed by atoms with Crippen LogP contribution >= 0.6 is 0 Å². The highest BCUT2D eigenvalue weighted by Gasteiger charge is 2.43. The smallest absolute Gasteiger partial charge is 0.336 e. The fourth-order valence-electron chi connectivity index (χ4n) is 4.16. The number of phenols is 1. The normalized spacial score (nSPS) is 17.4. The molecule has 2 unspecified atom stereocenters. The van der Waals surface area contributed by atoms with E-state index in [1.165, 1.54) is 31.4 Å². The van der Waals surface area contributed by atoms with Crippen molar-refractivity contribution in [3.05, 3.63) is 81.1 Å². The van der Waals surface area contributed by atoms with Crippen LogP contribution in [0.1, 0.15) is 37.8 Å². The number of carbonyl (C=O) groups excluding carboxylic acids is 2. The largest absolute Gasteiger partial charge is 0.504 e. The molecule has 0 spiro atoms. The van der Waals surface area contributed by atoms with Crippen molar-refractivity contribution in [2.45, 2.75) is 26.7 Å². The average Bonchev–Trinajstić information content (AvgIpc) is 2.87. The molecule has 0 saturated carbocycles. The average molecular weight is 509 g/mol. The van der Waals surface area contributed by atoms with Gasteiger partial charge in [-0.25, -0.2) is 4.79 Å². The highest BCUT2D eigenvalue weighted by molar-refractivity contribution is 6.07. The predicted octanol–water partition coefficient (Wildman–Crippen LogP) is 4.58. The Bertz CT molecular complexity index is 1300. The molecule has 1 aliphatic rings. The Morgan fingerprint density at radius 3 is 2.49 bits per heavy atom. The van der Waals surface area contributed by atoms with Crippen molar-refractivity contribution >= 4 is 29.4 Å². The SMILES string of the molecule is CCOC(=O)C1=C(C=Cc2ccc(O)c(OC)c2)N=C(C)C(C(=O)OCC)C1c1cccc([N+](=O)[O-])c1. The first-order valence-corrected chi connectivity index (χ1v) is 11.6. The van der Waals surface area contributed by atoms with Crippen LogP contribution in [0, 0.1) is 16.0 Å². The van der Waals surface area contributed by atoms with Crippen LogP contribution in [0.25, 0.3) is 6.08 Å². The number of allylic oxidation sites excluding steroid dienone is 1. The molecular weight excluding hydrogens is 480 g/mol. The zero-order valence-electron chi connectivity index (χ0n) is 21.0. The molecule has 2 aromatic carbocycles. The standard InChI is InChI=1S/C27H28N2O8/c1-5-36-26(31)23-16(3)28-20(12-10-17-11-13-21(30)22(14-17)35-4)25(27(32)37-6-2)24(23)18-8-7-9-19(15-18)29(33)34/h7-15,23-24,30H,5-6H2,1-4H3. The first kappa shape index (κ1) is 27.1. The molecule has 0 fully saturated rings. The minimum absolute atomic E-state index is 0.0272. The number of rotatable bonds is 9. The fourth-order valence-corrected chi connectivity index (χ4v) is 4.16. The number of nitrogens with zero attached hydrogens (tertiary/aromatic N) is 2. The summed E-state index contributed by atoms with van der Waals surface area (Å²) in [4.78, 5) is 41.8. The van der Waals surface area contributed by atoms with Crippen LogP contribution in [0.4, 0.5) is 5.69 Å². The number of aliphatic imine (C=N–C) groups is 1. The van der Waals surface area contributed by atoms with Gasteiger partial charge < -0.3 is 19.3 Å². The van der Waals surface area contributed by atoms with Gasteiger partial charge in [0.2, 0.25) is 0 Å². The van der Waals surface area contributed by atoms with E-state index in [0.717, 1.165) is 0 Å². The van der Waals surface area contributed by atoms with E-state index < -0.39 is 28.7 Å². The van der Waals surface area contributed by atoms with Crippen LogP contribution in [0.5, 0.6) is 11.5 Å². The van der Waals surface area contributed by atoms with Crippen molar-refractivity contribution in [1.29, 1.82) is 0 Å². The van der Waals surface area contributed by atoms with Crippen molar-refractivity contribution in [2.75, 3.05) is 20.3 Å². The van der Waals surface area contributed by atoms with Gasteiger partial charge in [-0.3, -0.25) is 19.9 Å². The van der Waals surface area contributed by atoms with Gasteiger partial charge in [-0.2, -0.15) is 0 Å². The minimum Gasteiger partial charge on any atom is -0.504 e. The summed E-state index contributed by atoms with van der Waals surface area (Å²) in [6, 6.07) is 10.5. The monoisotopic (exact) mass is 508 g/mol. The van der Waals surface area contributed by atoms with Gasteiger partial charge in [0, 0.05) is 23.8 Å². The van der Waals surface area contributed by atoms with E-state index in [0.29, 0.717) is 16.8 Å². The van der Waals surface area contributed by atoms with E-state index >= 15 is 0 Å². The molecule has 2 aromatic rings. The fraction of sp³-hybridized carbons (Fsp3) is 0.296. The molecule has 1 heterocycles. The number of hydrogen-bond acceptors (Lipinski definition) is 9. The number of nitro benzene ring substituents is 1. The molecule has 37 heavy (non-hydrogen) atoms. The van der Waals surface area contributed by atoms with Crippen molar-refractivity contribution in [1.82, 2.24) is 0 Å². The summed E-state index contributed by atoms with van der Waals surface area (Å²) >= 11 is 0. The highest BCUT2D eigenvalue weighted by atomic mass is 16.6. The maximum atomic E-state index is 13.3. The second kappa shape index (κ2) is 12.0. The van der Waals surface area contributed by atoms with Gasteiger partial charge in [0.1, 0.15) is 5.92 Å². The molecule has 0 aromatic heterocycles. The van der Waals surface area contributed by atoms with E-state index in [-0.39, 0.29) is 41.7 Å². The number of phenolic OH excluding ortho intramolecular Hbond substituents is 1. The van der Waals surface area contributed by atoms with Crippen molar-refractivity contribution in [3.63, 3.8) is 0 Å². The second-order valence-corrected chi connectivity index (χ2v) is 8.10. The number of methoxy groups -OCH3 is 1. The number of hydrogen-bond donors (Lipinski definition) is 1. The molecule has 10 nitrogen and oxygen atoms in total. The Kier molecular flexibility index (Phi) is 8.78. The lowest BCUT2D eigenvalue weighted by molar-refractivity contribution is -0.384. The molecule has 194 valence electrons. The quantitative estimate of drug-likeness (QED) is 0.295. The van der Waals surface area contributed by atoms with Crippen LogP contribution in [0.3, 0.4) is 0 Å². The Labute approximate surface area is 214 Å². The number of aromatic hydroxyl groups is 1. The zero-order chi connectivity index (χ0) is 27.1. The molecule has 0 saturated heterocycles. The molecule has 3 rings (SSSR count). The lowest BCUT2D eigenvalue weighted by Gasteiger charge is -2.31. The third kappa shape index (κ3) is 6.03. The van der Waals surface area contributed by atoms with Gasteiger partial charge in [-0.05, 0) is 50.1 Å². The number of ether oxygens (including phenoxy) is 3. The van der Waals surface area contributed by atoms with Crippen LogP contribution in [-0.4, -0.2) is 48.0 Å². The van der Waals surface area contributed by atoms with Crippen molar-refractivity contribution < 1.29 is 33.8 Å². The van der Waals surface area contributed by atoms with Crippen LogP contribution < -0.4 is 4.74 Å². The van der Waals surface area contributed by atoms with Crippen LogP contribution in [-0.2, 0) is 19.1 Å². The van der Waals surface area contributed by atoms with Gasteiger partial charge in [-0.15, -0.1) is 0 Å². The molecule has 0 bridgehead atoms. The third-order valence-electron chi connectivity index (χ3n) is 5.78. The first-order valence-electron chi connectivity index (χ1n) is 11.6. The summed E-state index contributed by atoms with van der Waals surface area (Å²) in [5.41, 5.74) is 1.54. The summed E-state index contributed by atoms with van der Waals surface area (Å²) in [7, 11) is 1.43. The number of non-ortho nitro benzene ring substituents is 1. The molecule has 1 aliphatic heterocycles. The van der Waals surface area contributed by atoms with Crippen LogP contribution in [0.15, 0.2) is 64.8 Å². The van der Waals surface area contributed by atoms with Gasteiger partial charge in [0.15, 0.2) is 11.5 Å². The second-order valence-electron chi connectivity index (χ2n) is 8.10. The van der Waals surface area contributed by atoms with Gasteiger partial charge in [0.25, 0.3) is 5.69 Å². The van der Waals surface area contributed by atoms with Crippen LogP contribution in [0.2, 0.25) is 0 Å². The summed E-state index contributed by atoms with van der Waals surface area (Å²) in [5, 5.41) is 21.4. The van der Waals surface area contributed by atoms with Crippen molar-refractivity contribution in [2.24, 2.45) is 10.9 Å². The van der Waals surface area contributed by atoms with Gasteiger partial charge in [-0.1, -0.05) is 24.3 Å². The summed E-state index contributed by atoms with van der Waals surface area (Å²) in [6.07, 6.45) is 3.26. The lowest BCUT2D eigenvalue weighted by atomic mass is 9.75. The third-order valence-corrected chi connectivity index (χ3v) is 5.78. The number of benzene rings is 2. The topological polar surface area (TPSA) is 138 Å². The molecule has 0 aliphatic carbocycles. The van der Waals surface area contributed by atoms with E-state index in [2.05, 4.69) is 4.99 Å². The van der Waals surface area contributed by atoms with Crippen molar-refractivity contribution in [3.8, 4) is 11.5 Å². The molecular formula is C27H28N2O8. The Balaban J connectivity index is 2.24. The molecule has 10 heteroatoms. The highest BCUT2D eigenvalue weighted by Crippen LogP contribution is 2.41. The lowest BCUT2D eigenvalue weighted by Crippen LogP contribution is -2.36. The van der Waals surface area contributed by atoms with E-state index in [1.54, 1.807) is 51.1 Å². The maximum absolute atomic E-state index is 13.3. The number of nitro groups is 1. The van der Waals surface area contributed by atoms with E-state index in [9.17, 15) is 24.8 Å². The Morgan fingerprint density at radius 2 is 1.84 bits per heavy atom. The zero-order valence-corrected chi connectivity index (χ0v) is 21.0. The van der Waals surface area contributed by atoms with Gasteiger partial charge >= 0.3 is 11.9 Å². The number of esters is 2. The summed E-state index contributed by atoms with van der Waals surface area (Å²) in [6.45, 7) is 5.14. The molecule has 0 radical (unpaired) electrons. The van der Waals surface area contributed by atoms with Gasteiger partial charge in [0.05, 0.1) is 36.5 Å². The first-order chi connectivity index (χ1) is 17.7. The Morgan fingerprint density at radius 1 is 1.11 bits per heavy atom. The molecule has 2 atom stereocenters. The van der Waals surface area contributed by atoms with E-state index in [4.69, 9.17) is 14.2 Å². The molecule has 0 amide bonds. The molecule has 1 N–H and O–H groups in total. The summed E-state index contributed by atoms with van der Waals surface area (Å²) < 4.78 is 15.8. The Hall–Kier alpha value is -4.47. The predicted molar refractivity (Wildman–Crippen MR) is 136 cm³/mol. The maximum Gasteiger partial charge on any atom is 0.336 e. The summed E-state index contributed by atoms with van der Waals surface area (Å²) in [5.74, 6) is -3.00. The minimum atomic E-state index is -0.993.